The summed E-state index contributed by atoms with van der Waals surface area (Å²) in [7, 11) is 0. The van der Waals surface area contributed by atoms with E-state index in [1.807, 2.05) is 0 Å². The molecule has 1 aromatic carbocycles. The van der Waals surface area contributed by atoms with Crippen LogP contribution in [0.5, 0.6) is 0 Å². The van der Waals surface area contributed by atoms with Gasteiger partial charge in [-0.05, 0) is 17.9 Å². The molecule has 0 spiro atoms. The van der Waals surface area contributed by atoms with E-state index in [-0.39, 0.29) is 0 Å². The molecule has 0 bridgehead atoms. The lowest BCUT2D eigenvalue weighted by atomic mass is 9.94. The summed E-state index contributed by atoms with van der Waals surface area (Å²) in [5.74, 6) is 0.571. The maximum absolute atomic E-state index is 5.73. The second-order valence-corrected chi connectivity index (χ2v) is 4.58. The Labute approximate surface area is 104 Å². The first kappa shape index (κ1) is 13.3. The van der Waals surface area contributed by atoms with Crippen molar-refractivity contribution in [2.45, 2.75) is 25.7 Å². The van der Waals surface area contributed by atoms with E-state index >= 15 is 0 Å². The second-order valence-electron chi connectivity index (χ2n) is 4.04. The highest BCUT2D eigenvalue weighted by Crippen LogP contribution is 2.20. The largest absolute Gasteiger partial charge is 0.311 e. The Bertz CT molecular complexity index is 308. The topological polar surface area (TPSA) is 12.0 Å². The Balaban J connectivity index is 2.51. The van der Waals surface area contributed by atoms with Crippen LogP contribution in [0.4, 0.5) is 0 Å². The van der Waals surface area contributed by atoms with E-state index in [9.17, 15) is 0 Å². The van der Waals surface area contributed by atoms with Gasteiger partial charge in [0.2, 0.25) is 0 Å². The number of benzene rings is 1. The normalized spacial score (nSPS) is 12.4. The molecule has 2 heteroatoms. The zero-order valence-electron chi connectivity index (χ0n) is 9.88. The van der Waals surface area contributed by atoms with Gasteiger partial charge in [-0.2, -0.15) is 0 Å². The Morgan fingerprint density at radius 3 is 2.62 bits per heavy atom. The molecule has 1 N–H and O–H groups in total. The molecule has 0 aliphatic rings. The molecule has 0 fully saturated rings. The minimum absolute atomic E-state index is 0.571. The first-order valence-corrected chi connectivity index (χ1v) is 6.20. The lowest BCUT2D eigenvalue weighted by Crippen LogP contribution is -2.22. The Morgan fingerprint density at radius 2 is 2.06 bits per heavy atom. The lowest BCUT2D eigenvalue weighted by molar-refractivity contribution is 0.562. The van der Waals surface area contributed by atoms with Crippen LogP contribution < -0.4 is 5.32 Å². The number of halogens is 1. The summed E-state index contributed by atoms with van der Waals surface area (Å²) < 4.78 is 0. The molecule has 1 nitrogen and oxygen atoms in total. The average Bonchev–Trinajstić information content (AvgIpc) is 2.29. The third-order valence-corrected chi connectivity index (χ3v) is 2.75. The summed E-state index contributed by atoms with van der Waals surface area (Å²) in [5.41, 5.74) is 1.40. The Kier molecular flexibility index (Phi) is 6.20. The van der Waals surface area contributed by atoms with Gasteiger partial charge in [0.1, 0.15) is 0 Å². The summed E-state index contributed by atoms with van der Waals surface area (Å²) in [6.45, 7) is 7.54. The third-order valence-electron chi connectivity index (χ3n) is 2.62. The minimum atomic E-state index is 0.571. The van der Waals surface area contributed by atoms with Crippen molar-refractivity contribution in [3.63, 3.8) is 0 Å². The maximum atomic E-state index is 5.73. The fourth-order valence-corrected chi connectivity index (χ4v) is 1.94. The van der Waals surface area contributed by atoms with E-state index in [0.717, 1.165) is 6.54 Å². The number of nitrogens with one attached hydrogen (secondary N) is 1. The molecule has 0 aliphatic carbocycles. The van der Waals surface area contributed by atoms with Gasteiger partial charge < -0.3 is 5.32 Å². The van der Waals surface area contributed by atoms with Gasteiger partial charge in [0, 0.05) is 18.1 Å². The molecule has 1 unspecified atom stereocenters. The summed E-state index contributed by atoms with van der Waals surface area (Å²) >= 11 is 5.73. The average molecular weight is 238 g/mol. The van der Waals surface area contributed by atoms with Gasteiger partial charge in [-0.25, -0.2) is 0 Å². The molecule has 1 aromatic rings. The predicted molar refractivity (Wildman–Crippen MR) is 72.0 cm³/mol. The van der Waals surface area contributed by atoms with Gasteiger partial charge in [-0.1, -0.05) is 61.9 Å². The van der Waals surface area contributed by atoms with Crippen LogP contribution in [0.15, 0.2) is 41.9 Å². The monoisotopic (exact) mass is 237 g/mol. The molecule has 0 saturated heterocycles. The molecular weight excluding hydrogens is 218 g/mol. The van der Waals surface area contributed by atoms with Gasteiger partial charge in [-0.15, -0.1) is 0 Å². The van der Waals surface area contributed by atoms with Crippen molar-refractivity contribution in [1.29, 1.82) is 0 Å². The Morgan fingerprint density at radius 1 is 1.38 bits per heavy atom. The molecule has 0 heterocycles. The second kappa shape index (κ2) is 7.48. The van der Waals surface area contributed by atoms with Crippen LogP contribution in [0, 0.1) is 0 Å². The van der Waals surface area contributed by atoms with Gasteiger partial charge in [0.25, 0.3) is 0 Å². The van der Waals surface area contributed by atoms with Crippen LogP contribution >= 0.6 is 11.6 Å². The van der Waals surface area contributed by atoms with E-state index in [2.05, 4.69) is 49.2 Å². The molecule has 0 amide bonds. The van der Waals surface area contributed by atoms with Gasteiger partial charge in [0.05, 0.1) is 0 Å². The SMILES string of the molecule is C=C(Cl)CNCC(CCC)c1ccccc1. The highest BCUT2D eigenvalue weighted by atomic mass is 35.5. The third kappa shape index (κ3) is 4.82. The Hall–Kier alpha value is -0.790. The van der Waals surface area contributed by atoms with E-state index in [0.29, 0.717) is 17.5 Å². The number of hydrogen-bond acceptors (Lipinski definition) is 1. The molecular formula is C14H20ClN. The van der Waals surface area contributed by atoms with Crippen molar-refractivity contribution in [3.05, 3.63) is 47.5 Å². The van der Waals surface area contributed by atoms with E-state index in [1.165, 1.54) is 18.4 Å². The van der Waals surface area contributed by atoms with Crippen molar-refractivity contribution in [3.8, 4) is 0 Å². The van der Waals surface area contributed by atoms with Gasteiger partial charge >= 0.3 is 0 Å². The zero-order chi connectivity index (χ0) is 11.8. The summed E-state index contributed by atoms with van der Waals surface area (Å²) in [6, 6.07) is 10.6. The quantitative estimate of drug-likeness (QED) is 0.758. The smallest absolute Gasteiger partial charge is 0.0307 e. The molecule has 16 heavy (non-hydrogen) atoms. The zero-order valence-corrected chi connectivity index (χ0v) is 10.6. The van der Waals surface area contributed by atoms with Crippen molar-refractivity contribution in [2.24, 2.45) is 0 Å². The first-order valence-electron chi connectivity index (χ1n) is 5.83. The van der Waals surface area contributed by atoms with Crippen LogP contribution in [0.2, 0.25) is 0 Å². The first-order chi connectivity index (χ1) is 7.74. The summed E-state index contributed by atoms with van der Waals surface area (Å²) in [5, 5.41) is 4.01. The lowest BCUT2D eigenvalue weighted by Gasteiger charge is -2.17. The van der Waals surface area contributed by atoms with Crippen molar-refractivity contribution < 1.29 is 0 Å². The van der Waals surface area contributed by atoms with Crippen molar-refractivity contribution in [1.82, 2.24) is 5.32 Å². The predicted octanol–water partition coefficient (Wildman–Crippen LogP) is 3.91. The maximum Gasteiger partial charge on any atom is 0.0307 e. The molecule has 0 saturated carbocycles. The van der Waals surface area contributed by atoms with E-state index in [1.54, 1.807) is 0 Å². The molecule has 1 rings (SSSR count). The fraction of sp³-hybridized carbons (Fsp3) is 0.429. The van der Waals surface area contributed by atoms with E-state index < -0.39 is 0 Å². The highest BCUT2D eigenvalue weighted by molar-refractivity contribution is 6.29. The fourth-order valence-electron chi connectivity index (χ4n) is 1.84. The molecule has 88 valence electrons. The van der Waals surface area contributed by atoms with Crippen molar-refractivity contribution in [2.75, 3.05) is 13.1 Å². The van der Waals surface area contributed by atoms with E-state index in [4.69, 9.17) is 11.6 Å². The minimum Gasteiger partial charge on any atom is -0.311 e. The summed E-state index contributed by atoms with van der Waals surface area (Å²) in [6.07, 6.45) is 2.40. The molecule has 0 radical (unpaired) electrons. The molecule has 0 aliphatic heterocycles. The van der Waals surface area contributed by atoms with Crippen LogP contribution in [-0.4, -0.2) is 13.1 Å². The number of hydrogen-bond donors (Lipinski definition) is 1. The van der Waals surface area contributed by atoms with Gasteiger partial charge in [-0.3, -0.25) is 0 Å². The van der Waals surface area contributed by atoms with Crippen LogP contribution in [0.25, 0.3) is 0 Å². The molecule has 0 aromatic heterocycles. The van der Waals surface area contributed by atoms with Crippen LogP contribution in [0.3, 0.4) is 0 Å². The van der Waals surface area contributed by atoms with Crippen LogP contribution in [0.1, 0.15) is 31.2 Å². The van der Waals surface area contributed by atoms with Gasteiger partial charge in [0.15, 0.2) is 0 Å². The molecule has 1 atom stereocenters. The van der Waals surface area contributed by atoms with Crippen molar-refractivity contribution >= 4 is 11.6 Å². The standard InChI is InChI=1S/C14H20ClN/c1-3-7-14(11-16-10-12(2)15)13-8-5-4-6-9-13/h4-6,8-9,14,16H,2-3,7,10-11H2,1H3. The van der Waals surface area contributed by atoms with Crippen LogP contribution in [-0.2, 0) is 0 Å². The number of rotatable bonds is 7. The highest BCUT2D eigenvalue weighted by Gasteiger charge is 2.09. The summed E-state index contributed by atoms with van der Waals surface area (Å²) in [4.78, 5) is 0.